The molecule has 0 aliphatic rings. The predicted molar refractivity (Wildman–Crippen MR) is 75.5 cm³/mol. The van der Waals surface area contributed by atoms with Gasteiger partial charge in [-0.3, -0.25) is 9.59 Å². The van der Waals surface area contributed by atoms with Crippen LogP contribution in [0.15, 0.2) is 23.0 Å². The Morgan fingerprint density at radius 1 is 1.48 bits per heavy atom. The summed E-state index contributed by atoms with van der Waals surface area (Å²) in [4.78, 5) is 30.2. The van der Waals surface area contributed by atoms with Crippen molar-refractivity contribution < 1.29 is 13.9 Å². The summed E-state index contributed by atoms with van der Waals surface area (Å²) >= 11 is 0. The van der Waals surface area contributed by atoms with E-state index in [1.165, 1.54) is 12.1 Å². The number of benzene rings is 1. The van der Waals surface area contributed by atoms with Crippen LogP contribution in [0.5, 0.6) is 0 Å². The van der Waals surface area contributed by atoms with Crippen LogP contribution in [0.1, 0.15) is 12.2 Å². The van der Waals surface area contributed by atoms with E-state index in [1.54, 1.807) is 7.11 Å². The molecule has 2 rings (SSSR count). The van der Waals surface area contributed by atoms with Crippen molar-refractivity contribution in [1.29, 1.82) is 0 Å². The first kappa shape index (κ1) is 15.1. The van der Waals surface area contributed by atoms with Crippen molar-refractivity contribution in [2.45, 2.75) is 12.8 Å². The number of hydrogen-bond donors (Lipinski definition) is 2. The number of aromatic amines is 1. The van der Waals surface area contributed by atoms with Gasteiger partial charge < -0.3 is 15.0 Å². The van der Waals surface area contributed by atoms with Crippen molar-refractivity contribution in [3.8, 4) is 0 Å². The molecule has 2 N–H and O–H groups in total. The van der Waals surface area contributed by atoms with Crippen molar-refractivity contribution in [2.75, 3.05) is 20.3 Å². The Hall–Kier alpha value is -2.28. The first-order valence-electron chi connectivity index (χ1n) is 6.54. The van der Waals surface area contributed by atoms with Gasteiger partial charge in [-0.05, 0) is 24.6 Å². The van der Waals surface area contributed by atoms with Gasteiger partial charge in [-0.1, -0.05) is 0 Å². The number of methoxy groups -OCH3 is 1. The third-order valence-corrected chi connectivity index (χ3v) is 2.89. The van der Waals surface area contributed by atoms with Crippen LogP contribution in [-0.4, -0.2) is 36.1 Å². The lowest BCUT2D eigenvalue weighted by Crippen LogP contribution is -2.28. The highest BCUT2D eigenvalue weighted by Crippen LogP contribution is 2.09. The number of aromatic nitrogens is 2. The number of nitrogens with one attached hydrogen (secondary N) is 2. The molecule has 0 saturated carbocycles. The number of ether oxygens (including phenoxy) is 1. The third-order valence-electron chi connectivity index (χ3n) is 2.89. The third kappa shape index (κ3) is 4.09. The Morgan fingerprint density at radius 2 is 2.29 bits per heavy atom. The topological polar surface area (TPSA) is 84.1 Å². The minimum absolute atomic E-state index is 0.0322. The summed E-state index contributed by atoms with van der Waals surface area (Å²) < 4.78 is 17.9. The number of halogens is 1. The monoisotopic (exact) mass is 293 g/mol. The largest absolute Gasteiger partial charge is 0.385 e. The van der Waals surface area contributed by atoms with E-state index in [-0.39, 0.29) is 23.5 Å². The lowest BCUT2D eigenvalue weighted by atomic mass is 10.2. The van der Waals surface area contributed by atoms with E-state index in [9.17, 15) is 14.0 Å². The fourth-order valence-corrected chi connectivity index (χ4v) is 1.90. The van der Waals surface area contributed by atoms with Crippen LogP contribution in [0.3, 0.4) is 0 Å². The summed E-state index contributed by atoms with van der Waals surface area (Å²) in [5.74, 6) is -0.488. The molecule has 6 nitrogen and oxygen atoms in total. The van der Waals surface area contributed by atoms with Crippen molar-refractivity contribution in [3.05, 3.63) is 40.2 Å². The molecule has 0 unspecified atom stereocenters. The molecule has 1 aromatic heterocycles. The summed E-state index contributed by atoms with van der Waals surface area (Å²) in [5, 5.41) is 2.87. The van der Waals surface area contributed by atoms with Gasteiger partial charge in [0.15, 0.2) is 0 Å². The van der Waals surface area contributed by atoms with Crippen LogP contribution in [0.25, 0.3) is 10.9 Å². The molecule has 0 saturated heterocycles. The Morgan fingerprint density at radius 3 is 3.05 bits per heavy atom. The van der Waals surface area contributed by atoms with Crippen LogP contribution in [0, 0.1) is 5.82 Å². The zero-order chi connectivity index (χ0) is 15.2. The van der Waals surface area contributed by atoms with Crippen LogP contribution in [-0.2, 0) is 16.0 Å². The van der Waals surface area contributed by atoms with Crippen molar-refractivity contribution in [1.82, 2.24) is 15.3 Å². The quantitative estimate of drug-likeness (QED) is 0.770. The van der Waals surface area contributed by atoms with Gasteiger partial charge in [-0.25, -0.2) is 9.37 Å². The van der Waals surface area contributed by atoms with Gasteiger partial charge in [0, 0.05) is 20.3 Å². The molecule has 0 radical (unpaired) electrons. The van der Waals surface area contributed by atoms with Crippen LogP contribution < -0.4 is 10.9 Å². The summed E-state index contributed by atoms with van der Waals surface area (Å²) in [6, 6.07) is 3.76. The molecule has 112 valence electrons. The lowest BCUT2D eigenvalue weighted by molar-refractivity contribution is -0.120. The SMILES string of the molecule is COCCCNC(=O)Cc1nc2ccc(F)cc2c(=O)[nH]1. The normalized spacial score (nSPS) is 10.8. The first-order chi connectivity index (χ1) is 10.1. The number of rotatable bonds is 6. The highest BCUT2D eigenvalue weighted by Gasteiger charge is 2.08. The smallest absolute Gasteiger partial charge is 0.258 e. The number of carbonyl (C=O) groups excluding carboxylic acids is 1. The zero-order valence-electron chi connectivity index (χ0n) is 11.6. The molecule has 0 fully saturated rings. The lowest BCUT2D eigenvalue weighted by Gasteiger charge is -2.05. The fraction of sp³-hybridized carbons (Fsp3) is 0.357. The van der Waals surface area contributed by atoms with Gasteiger partial charge in [-0.2, -0.15) is 0 Å². The number of H-pyrrole nitrogens is 1. The van der Waals surface area contributed by atoms with E-state index in [4.69, 9.17) is 4.74 Å². The second-order valence-electron chi connectivity index (χ2n) is 4.55. The summed E-state index contributed by atoms with van der Waals surface area (Å²) in [6.45, 7) is 1.06. The van der Waals surface area contributed by atoms with Gasteiger partial charge in [0.1, 0.15) is 11.6 Å². The Kier molecular flexibility index (Phi) is 4.99. The van der Waals surface area contributed by atoms with Crippen molar-refractivity contribution in [2.24, 2.45) is 0 Å². The summed E-state index contributed by atoms with van der Waals surface area (Å²) in [6.07, 6.45) is 0.679. The number of carbonyl (C=O) groups is 1. The molecular formula is C14H16FN3O3. The second kappa shape index (κ2) is 6.94. The molecule has 21 heavy (non-hydrogen) atoms. The minimum atomic E-state index is -0.501. The molecule has 0 bridgehead atoms. The van der Waals surface area contributed by atoms with Gasteiger partial charge >= 0.3 is 0 Å². The molecule has 0 aliphatic carbocycles. The Labute approximate surface area is 120 Å². The number of fused-ring (bicyclic) bond motifs is 1. The Balaban J connectivity index is 2.07. The van der Waals surface area contributed by atoms with Crippen molar-refractivity contribution >= 4 is 16.8 Å². The molecule has 0 spiro atoms. The van der Waals surface area contributed by atoms with E-state index in [0.29, 0.717) is 25.1 Å². The highest BCUT2D eigenvalue weighted by molar-refractivity contribution is 5.80. The van der Waals surface area contributed by atoms with Crippen molar-refractivity contribution in [3.63, 3.8) is 0 Å². The number of amides is 1. The fourth-order valence-electron chi connectivity index (χ4n) is 1.90. The van der Waals surface area contributed by atoms with Crippen LogP contribution in [0.2, 0.25) is 0 Å². The molecule has 1 heterocycles. The minimum Gasteiger partial charge on any atom is -0.385 e. The van der Waals surface area contributed by atoms with Gasteiger partial charge in [0.25, 0.3) is 5.56 Å². The molecule has 0 atom stereocenters. The molecule has 1 aromatic carbocycles. The number of hydrogen-bond acceptors (Lipinski definition) is 4. The molecule has 2 aromatic rings. The van der Waals surface area contributed by atoms with E-state index in [0.717, 1.165) is 6.07 Å². The van der Waals surface area contributed by atoms with E-state index >= 15 is 0 Å². The summed E-state index contributed by atoms with van der Waals surface area (Å²) in [5.41, 5.74) is -0.0935. The summed E-state index contributed by atoms with van der Waals surface area (Å²) in [7, 11) is 1.59. The maximum absolute atomic E-state index is 13.1. The maximum atomic E-state index is 13.1. The average Bonchev–Trinajstić information content (AvgIpc) is 2.44. The van der Waals surface area contributed by atoms with E-state index in [2.05, 4.69) is 15.3 Å². The standard InChI is InChI=1S/C14H16FN3O3/c1-21-6-2-5-16-13(19)8-12-17-11-4-3-9(15)7-10(11)14(20)18-12/h3-4,7H,2,5-6,8H2,1H3,(H,16,19)(H,17,18,20). The molecular weight excluding hydrogens is 277 g/mol. The van der Waals surface area contributed by atoms with Gasteiger partial charge in [0.05, 0.1) is 17.3 Å². The van der Waals surface area contributed by atoms with E-state index < -0.39 is 11.4 Å². The number of nitrogens with zero attached hydrogens (tertiary/aromatic N) is 1. The second-order valence-corrected chi connectivity index (χ2v) is 4.55. The van der Waals surface area contributed by atoms with Crippen LogP contribution in [0.4, 0.5) is 4.39 Å². The molecule has 0 aliphatic heterocycles. The molecule has 1 amide bonds. The Bertz CT molecular complexity index is 699. The zero-order valence-corrected chi connectivity index (χ0v) is 11.6. The van der Waals surface area contributed by atoms with Gasteiger partial charge in [-0.15, -0.1) is 0 Å². The maximum Gasteiger partial charge on any atom is 0.258 e. The highest BCUT2D eigenvalue weighted by atomic mass is 19.1. The van der Waals surface area contributed by atoms with Gasteiger partial charge in [0.2, 0.25) is 5.91 Å². The van der Waals surface area contributed by atoms with E-state index in [1.807, 2.05) is 0 Å². The first-order valence-corrected chi connectivity index (χ1v) is 6.54. The predicted octanol–water partition coefficient (Wildman–Crippen LogP) is 0.757. The molecule has 7 heteroatoms. The average molecular weight is 293 g/mol. The van der Waals surface area contributed by atoms with Crippen LogP contribution >= 0.6 is 0 Å².